The first-order valence-electron chi connectivity index (χ1n) is 9.55. The van der Waals surface area contributed by atoms with E-state index in [0.29, 0.717) is 5.56 Å². The maximum Gasteiger partial charge on any atom is 0.252 e. The summed E-state index contributed by atoms with van der Waals surface area (Å²) in [5.41, 5.74) is 3.30. The molecule has 27 heavy (non-hydrogen) atoms. The fourth-order valence-corrected chi connectivity index (χ4v) is 3.63. The van der Waals surface area contributed by atoms with Crippen LogP contribution in [0.4, 0.5) is 0 Å². The van der Waals surface area contributed by atoms with Crippen molar-refractivity contribution in [3.63, 3.8) is 0 Å². The minimum Gasteiger partial charge on any atom is -0.350 e. The maximum absolute atomic E-state index is 13.0. The van der Waals surface area contributed by atoms with Crippen LogP contribution in [0.1, 0.15) is 49.9 Å². The number of nitrogens with one attached hydrogen (secondary N) is 1. The summed E-state index contributed by atoms with van der Waals surface area (Å²) >= 11 is 3.51. The lowest BCUT2D eigenvalue weighted by Crippen LogP contribution is -2.32. The molecule has 1 aromatic heterocycles. The molecule has 2 aromatic carbocycles. The number of fused-ring (bicyclic) bond motifs is 1. The molecule has 3 aromatic rings. The highest BCUT2D eigenvalue weighted by Gasteiger charge is 2.15. The molecular weight excluding hydrogens is 400 g/mol. The normalized spacial score (nSPS) is 12.1. The fraction of sp³-hybridized carbons (Fsp3) is 0.304. The predicted octanol–water partition coefficient (Wildman–Crippen LogP) is 6.36. The Hall–Kier alpha value is -2.20. The number of halogens is 1. The van der Waals surface area contributed by atoms with Crippen molar-refractivity contribution in [2.75, 3.05) is 0 Å². The van der Waals surface area contributed by atoms with Crippen LogP contribution in [-0.2, 0) is 0 Å². The molecular formula is C23H25BrN2O. The molecule has 1 unspecified atom stereocenters. The molecule has 1 N–H and O–H groups in total. The second-order valence-corrected chi connectivity index (χ2v) is 7.87. The Kier molecular flexibility index (Phi) is 6.62. The Labute approximate surface area is 169 Å². The molecule has 0 aliphatic carbocycles. The number of hydrogen-bond donors (Lipinski definition) is 1. The summed E-state index contributed by atoms with van der Waals surface area (Å²) in [6.45, 7) is 4.27. The highest BCUT2D eigenvalue weighted by atomic mass is 79.9. The van der Waals surface area contributed by atoms with Crippen LogP contribution in [0.25, 0.3) is 22.2 Å². The minimum absolute atomic E-state index is 0.0335. The summed E-state index contributed by atoms with van der Waals surface area (Å²) < 4.78 is 0.991. The average molecular weight is 425 g/mol. The molecule has 0 aliphatic heterocycles. The molecule has 3 nitrogen and oxygen atoms in total. The lowest BCUT2D eigenvalue weighted by atomic mass is 10.0. The smallest absolute Gasteiger partial charge is 0.252 e. The number of pyridine rings is 1. The van der Waals surface area contributed by atoms with Gasteiger partial charge in [-0.25, -0.2) is 4.98 Å². The summed E-state index contributed by atoms with van der Waals surface area (Å²) in [4.78, 5) is 17.8. The van der Waals surface area contributed by atoms with Crippen LogP contribution in [0.5, 0.6) is 0 Å². The zero-order valence-corrected chi connectivity index (χ0v) is 17.4. The van der Waals surface area contributed by atoms with Gasteiger partial charge in [0.25, 0.3) is 5.91 Å². The van der Waals surface area contributed by atoms with Gasteiger partial charge in [-0.15, -0.1) is 0 Å². The number of hydrogen-bond acceptors (Lipinski definition) is 2. The van der Waals surface area contributed by atoms with Crippen molar-refractivity contribution < 1.29 is 4.79 Å². The van der Waals surface area contributed by atoms with Gasteiger partial charge in [-0.1, -0.05) is 72.4 Å². The molecule has 3 rings (SSSR count). The van der Waals surface area contributed by atoms with Gasteiger partial charge in [0.2, 0.25) is 0 Å². The molecule has 0 bridgehead atoms. The molecule has 0 radical (unpaired) electrons. The summed E-state index contributed by atoms with van der Waals surface area (Å²) in [5.74, 6) is -0.0335. The van der Waals surface area contributed by atoms with Crippen LogP contribution in [0, 0.1) is 0 Å². The summed E-state index contributed by atoms with van der Waals surface area (Å²) in [6, 6.07) is 17.9. The minimum atomic E-state index is -0.0335. The van der Waals surface area contributed by atoms with Crippen LogP contribution in [0.3, 0.4) is 0 Å². The first-order valence-corrected chi connectivity index (χ1v) is 10.3. The number of nitrogens with zero attached hydrogens (tertiary/aromatic N) is 1. The van der Waals surface area contributed by atoms with E-state index in [1.54, 1.807) is 0 Å². The van der Waals surface area contributed by atoms with Crippen molar-refractivity contribution in [3.8, 4) is 11.3 Å². The van der Waals surface area contributed by atoms with E-state index in [4.69, 9.17) is 4.98 Å². The maximum atomic E-state index is 13.0. The molecule has 1 amide bonds. The van der Waals surface area contributed by atoms with Gasteiger partial charge in [-0.3, -0.25) is 4.79 Å². The Bertz CT molecular complexity index is 939. The van der Waals surface area contributed by atoms with Crippen molar-refractivity contribution >= 4 is 32.7 Å². The van der Waals surface area contributed by atoms with E-state index in [2.05, 4.69) is 35.1 Å². The number of carbonyl (C=O) groups is 1. The third-order valence-electron chi connectivity index (χ3n) is 4.70. The fourth-order valence-electron chi connectivity index (χ4n) is 3.23. The van der Waals surface area contributed by atoms with E-state index in [9.17, 15) is 4.79 Å². The topological polar surface area (TPSA) is 42.0 Å². The van der Waals surface area contributed by atoms with Crippen LogP contribution in [0.15, 0.2) is 59.1 Å². The van der Waals surface area contributed by atoms with Crippen molar-refractivity contribution in [2.24, 2.45) is 0 Å². The SMILES string of the molecule is CCCCCC(C)NC(=O)c1cc(-c2cccc(Br)c2)nc2ccccc12. The van der Waals surface area contributed by atoms with Gasteiger partial charge < -0.3 is 5.32 Å². The molecule has 0 aliphatic rings. The van der Waals surface area contributed by atoms with E-state index in [-0.39, 0.29) is 11.9 Å². The van der Waals surface area contributed by atoms with E-state index >= 15 is 0 Å². The molecule has 0 spiro atoms. The third-order valence-corrected chi connectivity index (χ3v) is 5.19. The number of rotatable bonds is 7. The van der Waals surface area contributed by atoms with Crippen molar-refractivity contribution in [3.05, 3.63) is 64.6 Å². The zero-order chi connectivity index (χ0) is 19.2. The molecule has 0 fully saturated rings. The van der Waals surface area contributed by atoms with E-state index in [0.717, 1.165) is 39.5 Å². The Morgan fingerprint density at radius 1 is 1.11 bits per heavy atom. The Balaban J connectivity index is 1.94. The third kappa shape index (κ3) is 4.95. The van der Waals surface area contributed by atoms with Crippen LogP contribution in [-0.4, -0.2) is 16.9 Å². The molecule has 0 saturated carbocycles. The quantitative estimate of drug-likeness (QED) is 0.448. The van der Waals surface area contributed by atoms with Gasteiger partial charge in [0.15, 0.2) is 0 Å². The lowest BCUT2D eigenvalue weighted by Gasteiger charge is -2.15. The van der Waals surface area contributed by atoms with Gasteiger partial charge in [0.05, 0.1) is 16.8 Å². The lowest BCUT2D eigenvalue weighted by molar-refractivity contribution is 0.0939. The van der Waals surface area contributed by atoms with E-state index in [1.165, 1.54) is 12.8 Å². The van der Waals surface area contributed by atoms with Gasteiger partial charge in [0, 0.05) is 21.5 Å². The zero-order valence-electron chi connectivity index (χ0n) is 15.8. The van der Waals surface area contributed by atoms with Crippen molar-refractivity contribution in [1.82, 2.24) is 10.3 Å². The first kappa shape index (κ1) is 19.6. The Morgan fingerprint density at radius 3 is 2.70 bits per heavy atom. The van der Waals surface area contributed by atoms with Gasteiger partial charge in [0.1, 0.15) is 0 Å². The monoisotopic (exact) mass is 424 g/mol. The van der Waals surface area contributed by atoms with Gasteiger partial charge in [-0.2, -0.15) is 0 Å². The highest BCUT2D eigenvalue weighted by Crippen LogP contribution is 2.26. The molecule has 4 heteroatoms. The Morgan fingerprint density at radius 2 is 1.93 bits per heavy atom. The number of unbranched alkanes of at least 4 members (excludes halogenated alkanes) is 2. The first-order chi connectivity index (χ1) is 13.1. The van der Waals surface area contributed by atoms with Gasteiger partial charge >= 0.3 is 0 Å². The number of para-hydroxylation sites is 1. The molecule has 0 saturated heterocycles. The predicted molar refractivity (Wildman–Crippen MR) is 116 cm³/mol. The van der Waals surface area contributed by atoms with Crippen molar-refractivity contribution in [2.45, 2.75) is 45.6 Å². The van der Waals surface area contributed by atoms with Crippen molar-refractivity contribution in [1.29, 1.82) is 0 Å². The summed E-state index contributed by atoms with van der Waals surface area (Å²) in [6.07, 6.45) is 4.52. The number of benzene rings is 2. The number of aromatic nitrogens is 1. The summed E-state index contributed by atoms with van der Waals surface area (Å²) in [5, 5.41) is 4.05. The highest BCUT2D eigenvalue weighted by molar-refractivity contribution is 9.10. The number of amides is 1. The second-order valence-electron chi connectivity index (χ2n) is 6.95. The summed E-state index contributed by atoms with van der Waals surface area (Å²) in [7, 11) is 0. The second kappa shape index (κ2) is 9.14. The standard InChI is InChI=1S/C23H25BrN2O/c1-3-4-5-9-16(2)25-23(27)20-15-22(17-10-8-11-18(24)14-17)26-21-13-7-6-12-19(20)21/h6-8,10-16H,3-5,9H2,1-2H3,(H,25,27). The van der Waals surface area contributed by atoms with Crippen LogP contribution >= 0.6 is 15.9 Å². The van der Waals surface area contributed by atoms with E-state index in [1.807, 2.05) is 54.6 Å². The van der Waals surface area contributed by atoms with Gasteiger partial charge in [-0.05, 0) is 37.6 Å². The number of carbonyl (C=O) groups excluding carboxylic acids is 1. The average Bonchev–Trinajstić information content (AvgIpc) is 2.67. The van der Waals surface area contributed by atoms with Crippen LogP contribution < -0.4 is 5.32 Å². The molecule has 140 valence electrons. The molecule has 1 atom stereocenters. The van der Waals surface area contributed by atoms with Crippen LogP contribution in [0.2, 0.25) is 0 Å². The largest absolute Gasteiger partial charge is 0.350 e. The molecule has 1 heterocycles. The van der Waals surface area contributed by atoms with E-state index < -0.39 is 0 Å².